The molecule has 3 N–H and O–H groups in total. The molecule has 1 fully saturated rings. The molecule has 2 amide bonds. The summed E-state index contributed by atoms with van der Waals surface area (Å²) in [5.74, 6) is -1.46. The predicted octanol–water partition coefficient (Wildman–Crippen LogP) is 4.38. The number of hydrogen-bond donors (Lipinski definition) is 3. The molecular formula is C29H38FN3O6. The third-order valence-electron chi connectivity index (χ3n) is 5.97. The second-order valence-corrected chi connectivity index (χ2v) is 9.81. The van der Waals surface area contributed by atoms with E-state index in [1.54, 1.807) is 12.1 Å². The number of hydrogen-bond acceptors (Lipinski definition) is 5. The molecule has 2 aromatic rings. The highest BCUT2D eigenvalue weighted by atomic mass is 19.1. The van der Waals surface area contributed by atoms with Gasteiger partial charge in [-0.05, 0) is 74.3 Å². The number of likely N-dealkylation sites (tertiary alicyclic amines) is 1. The topological polar surface area (TPSA) is 119 Å². The van der Waals surface area contributed by atoms with Gasteiger partial charge in [-0.1, -0.05) is 38.1 Å². The molecule has 9 nitrogen and oxygen atoms in total. The van der Waals surface area contributed by atoms with E-state index in [9.17, 15) is 18.8 Å². The summed E-state index contributed by atoms with van der Waals surface area (Å²) in [7, 11) is 2.12. The van der Waals surface area contributed by atoms with Crippen LogP contribution in [0.1, 0.15) is 37.8 Å². The Morgan fingerprint density at radius 1 is 1.00 bits per heavy atom. The van der Waals surface area contributed by atoms with Gasteiger partial charge in [-0.2, -0.15) is 0 Å². The highest BCUT2D eigenvalue weighted by Crippen LogP contribution is 2.21. The number of carbonyl (C=O) groups excluding carboxylic acids is 1. The fourth-order valence-electron chi connectivity index (χ4n) is 3.85. The summed E-state index contributed by atoms with van der Waals surface area (Å²) in [6, 6.07) is 14.4. The Balaban J connectivity index is 0.000000580. The molecule has 2 aromatic carbocycles. The molecule has 1 aliphatic rings. The van der Waals surface area contributed by atoms with E-state index in [0.717, 1.165) is 42.8 Å². The van der Waals surface area contributed by atoms with Crippen molar-refractivity contribution in [1.82, 2.24) is 15.1 Å². The van der Waals surface area contributed by atoms with Crippen LogP contribution in [0, 0.1) is 11.7 Å². The first-order chi connectivity index (χ1) is 18.5. The number of nitrogens with zero attached hydrogens (tertiary/aromatic N) is 2. The van der Waals surface area contributed by atoms with Crippen molar-refractivity contribution in [2.75, 3.05) is 26.7 Å². The molecule has 3 rings (SSSR count). The summed E-state index contributed by atoms with van der Waals surface area (Å²) >= 11 is 0. The molecule has 212 valence electrons. The second-order valence-electron chi connectivity index (χ2n) is 9.81. The Hall–Kier alpha value is -3.92. The minimum atomic E-state index is -1.26. The Kier molecular flexibility index (Phi) is 12.9. The van der Waals surface area contributed by atoms with E-state index in [-0.39, 0.29) is 17.9 Å². The van der Waals surface area contributed by atoms with Crippen LogP contribution in [0.15, 0.2) is 60.7 Å². The van der Waals surface area contributed by atoms with Gasteiger partial charge < -0.3 is 30.1 Å². The van der Waals surface area contributed by atoms with Crippen molar-refractivity contribution in [2.24, 2.45) is 5.92 Å². The fourth-order valence-corrected chi connectivity index (χ4v) is 3.85. The van der Waals surface area contributed by atoms with Crippen LogP contribution in [0.3, 0.4) is 0 Å². The Labute approximate surface area is 228 Å². The lowest BCUT2D eigenvalue weighted by Crippen LogP contribution is -2.49. The van der Waals surface area contributed by atoms with Crippen molar-refractivity contribution >= 4 is 18.0 Å². The van der Waals surface area contributed by atoms with E-state index < -0.39 is 11.9 Å². The highest BCUT2D eigenvalue weighted by Gasteiger charge is 2.27. The average molecular weight is 544 g/mol. The van der Waals surface area contributed by atoms with E-state index in [4.69, 9.17) is 14.9 Å². The van der Waals surface area contributed by atoms with E-state index in [0.29, 0.717) is 37.8 Å². The summed E-state index contributed by atoms with van der Waals surface area (Å²) in [5, 5.41) is 18.6. The van der Waals surface area contributed by atoms with Gasteiger partial charge in [0.25, 0.3) is 0 Å². The molecule has 1 aliphatic heterocycles. The van der Waals surface area contributed by atoms with Crippen LogP contribution < -0.4 is 10.1 Å². The third-order valence-corrected chi connectivity index (χ3v) is 5.97. The van der Waals surface area contributed by atoms with E-state index in [1.807, 2.05) is 29.2 Å². The number of benzene rings is 2. The monoisotopic (exact) mass is 543 g/mol. The van der Waals surface area contributed by atoms with Crippen LogP contribution in [0.2, 0.25) is 0 Å². The fraction of sp³-hybridized carbons (Fsp3) is 0.414. The first kappa shape index (κ1) is 31.3. The molecule has 0 aliphatic carbocycles. The maximum Gasteiger partial charge on any atom is 0.328 e. The number of halogens is 1. The van der Waals surface area contributed by atoms with E-state index in [1.165, 1.54) is 12.1 Å². The number of aliphatic carboxylic acids is 2. The first-order valence-electron chi connectivity index (χ1n) is 12.9. The Morgan fingerprint density at radius 3 is 2.05 bits per heavy atom. The van der Waals surface area contributed by atoms with Gasteiger partial charge in [-0.15, -0.1) is 0 Å². The van der Waals surface area contributed by atoms with Gasteiger partial charge in [0, 0.05) is 31.3 Å². The third kappa shape index (κ3) is 12.4. The smallest absolute Gasteiger partial charge is 0.328 e. The van der Waals surface area contributed by atoms with Crippen molar-refractivity contribution in [3.05, 3.63) is 77.6 Å². The Morgan fingerprint density at radius 2 is 1.54 bits per heavy atom. The number of urea groups is 1. The quantitative estimate of drug-likeness (QED) is 0.381. The van der Waals surface area contributed by atoms with Crippen LogP contribution in [0.25, 0.3) is 0 Å². The second kappa shape index (κ2) is 16.1. The van der Waals surface area contributed by atoms with Gasteiger partial charge in [-0.25, -0.2) is 18.8 Å². The van der Waals surface area contributed by atoms with Crippen LogP contribution in [0.5, 0.6) is 5.75 Å². The number of carboxylic acid groups (broad SMARTS) is 2. The van der Waals surface area contributed by atoms with Crippen LogP contribution in [-0.4, -0.2) is 70.8 Å². The van der Waals surface area contributed by atoms with Crippen molar-refractivity contribution in [1.29, 1.82) is 0 Å². The van der Waals surface area contributed by atoms with Gasteiger partial charge in [0.2, 0.25) is 0 Å². The summed E-state index contributed by atoms with van der Waals surface area (Å²) in [6.45, 7) is 7.82. The normalized spacial score (nSPS) is 14.0. The standard InChI is InChI=1S/C25H34FN3O2.C4H4O4/c1-19(2)18-31-24-10-6-21(7-11-24)17-29(23-12-14-28(3)15-13-23)25(30)27-16-20-4-8-22(26)9-5-20;5-3(6)1-2-4(7)8/h4-11,19,23H,12-18H2,1-3H3,(H,27,30);1-2H,(H,5,6)(H,7,8)/b;2-1+. The zero-order valence-electron chi connectivity index (χ0n) is 22.7. The molecule has 1 saturated heterocycles. The van der Waals surface area contributed by atoms with Gasteiger partial charge in [-0.3, -0.25) is 0 Å². The molecule has 0 spiro atoms. The number of ether oxygens (including phenoxy) is 1. The lowest BCUT2D eigenvalue weighted by Gasteiger charge is -2.37. The summed E-state index contributed by atoms with van der Waals surface area (Å²) in [4.78, 5) is 36.5. The summed E-state index contributed by atoms with van der Waals surface area (Å²) in [5.41, 5.74) is 1.96. The maximum absolute atomic E-state index is 13.1. The Bertz CT molecular complexity index is 1070. The number of piperidine rings is 1. The number of carboxylic acids is 2. The van der Waals surface area contributed by atoms with Crippen molar-refractivity contribution in [2.45, 2.75) is 45.8 Å². The number of carbonyl (C=O) groups is 3. The van der Waals surface area contributed by atoms with Crippen molar-refractivity contribution < 1.29 is 33.7 Å². The van der Waals surface area contributed by atoms with E-state index >= 15 is 0 Å². The number of rotatable bonds is 10. The van der Waals surface area contributed by atoms with Gasteiger partial charge in [0.15, 0.2) is 0 Å². The zero-order chi connectivity index (χ0) is 28.8. The molecular weight excluding hydrogens is 505 g/mol. The molecule has 1 heterocycles. The van der Waals surface area contributed by atoms with Gasteiger partial charge in [0.05, 0.1) is 6.61 Å². The lowest BCUT2D eigenvalue weighted by atomic mass is 10.0. The molecule has 39 heavy (non-hydrogen) atoms. The first-order valence-corrected chi connectivity index (χ1v) is 12.9. The highest BCUT2D eigenvalue weighted by molar-refractivity contribution is 5.89. The molecule has 10 heteroatoms. The van der Waals surface area contributed by atoms with Gasteiger partial charge in [0.1, 0.15) is 11.6 Å². The van der Waals surface area contributed by atoms with Crippen LogP contribution in [-0.2, 0) is 22.7 Å². The minimum Gasteiger partial charge on any atom is -0.493 e. The van der Waals surface area contributed by atoms with Crippen LogP contribution in [0.4, 0.5) is 9.18 Å². The number of nitrogens with one attached hydrogen (secondary N) is 1. The van der Waals surface area contributed by atoms with Gasteiger partial charge >= 0.3 is 18.0 Å². The summed E-state index contributed by atoms with van der Waals surface area (Å²) < 4.78 is 18.9. The average Bonchev–Trinajstić information content (AvgIpc) is 2.90. The molecule has 0 bridgehead atoms. The van der Waals surface area contributed by atoms with Crippen LogP contribution >= 0.6 is 0 Å². The summed E-state index contributed by atoms with van der Waals surface area (Å²) in [6.07, 6.45) is 3.02. The molecule has 0 radical (unpaired) electrons. The minimum absolute atomic E-state index is 0.0842. The maximum atomic E-state index is 13.1. The molecule has 0 atom stereocenters. The van der Waals surface area contributed by atoms with E-state index in [2.05, 4.69) is 31.1 Å². The number of amides is 2. The molecule has 0 unspecified atom stereocenters. The molecule has 0 aromatic heterocycles. The van der Waals surface area contributed by atoms with Crippen molar-refractivity contribution in [3.8, 4) is 5.75 Å². The SMILES string of the molecule is CC(C)COc1ccc(CN(C(=O)NCc2ccc(F)cc2)C2CCN(C)CC2)cc1.O=C(O)/C=C/C(=O)O. The largest absolute Gasteiger partial charge is 0.493 e. The molecule has 0 saturated carbocycles. The lowest BCUT2D eigenvalue weighted by molar-refractivity contribution is -0.134. The predicted molar refractivity (Wildman–Crippen MR) is 146 cm³/mol. The zero-order valence-corrected chi connectivity index (χ0v) is 22.7. The van der Waals surface area contributed by atoms with Crippen molar-refractivity contribution in [3.63, 3.8) is 0 Å².